The maximum absolute atomic E-state index is 12.7. The number of nitrogens with zero attached hydrogens (tertiary/aromatic N) is 1. The summed E-state index contributed by atoms with van der Waals surface area (Å²) in [5, 5.41) is 2.62. The second-order valence-corrected chi connectivity index (χ2v) is 7.12. The van der Waals surface area contributed by atoms with Gasteiger partial charge in [-0.05, 0) is 30.5 Å². The molecule has 1 amide bonds. The van der Waals surface area contributed by atoms with Gasteiger partial charge in [0.2, 0.25) is 15.9 Å². The zero-order valence-corrected chi connectivity index (χ0v) is 13.2. The van der Waals surface area contributed by atoms with Gasteiger partial charge in [0.15, 0.2) is 0 Å². The Kier molecular flexibility index (Phi) is 4.88. The predicted octanol–water partition coefficient (Wildman–Crippen LogP) is 0.698. The Bertz CT molecular complexity index is 648. The van der Waals surface area contributed by atoms with E-state index < -0.39 is 16.1 Å². The summed E-state index contributed by atoms with van der Waals surface area (Å²) in [6, 6.07) is 3.94. The van der Waals surface area contributed by atoms with E-state index in [9.17, 15) is 13.2 Å². The smallest absolute Gasteiger partial charge is 0.245 e. The summed E-state index contributed by atoms with van der Waals surface area (Å²) in [4.78, 5) is 11.8. The number of nitrogens with one attached hydrogen (secondary N) is 1. The molecule has 1 aromatic carbocycles. The van der Waals surface area contributed by atoms with Crippen LogP contribution in [0.4, 0.5) is 0 Å². The Balaban J connectivity index is 2.40. The van der Waals surface area contributed by atoms with Crippen molar-refractivity contribution in [2.75, 3.05) is 13.6 Å². The van der Waals surface area contributed by atoms with Crippen LogP contribution in [-0.2, 0) is 21.4 Å². The number of rotatable bonds is 4. The van der Waals surface area contributed by atoms with Crippen LogP contribution in [0.25, 0.3) is 0 Å². The third kappa shape index (κ3) is 3.06. The van der Waals surface area contributed by atoms with Crippen molar-refractivity contribution >= 4 is 27.5 Å². The first-order valence-electron chi connectivity index (χ1n) is 6.63. The van der Waals surface area contributed by atoms with Gasteiger partial charge in [-0.1, -0.05) is 17.7 Å². The van der Waals surface area contributed by atoms with Gasteiger partial charge in [-0.3, -0.25) is 4.79 Å². The normalized spacial score (nSPS) is 19.7. The Morgan fingerprint density at radius 2 is 2.24 bits per heavy atom. The Labute approximate surface area is 129 Å². The second-order valence-electron chi connectivity index (χ2n) is 4.86. The van der Waals surface area contributed by atoms with Crippen molar-refractivity contribution in [1.29, 1.82) is 0 Å². The first-order chi connectivity index (χ1) is 9.91. The summed E-state index contributed by atoms with van der Waals surface area (Å²) in [5.74, 6) is -0.300. The number of halogens is 1. The molecule has 2 rings (SSSR count). The molecule has 0 bridgehead atoms. The molecular formula is C13H18ClN3O3S. The van der Waals surface area contributed by atoms with E-state index in [0.717, 1.165) is 5.56 Å². The maximum atomic E-state index is 12.7. The van der Waals surface area contributed by atoms with E-state index in [1.807, 2.05) is 0 Å². The summed E-state index contributed by atoms with van der Waals surface area (Å²) in [7, 11) is -2.30. The van der Waals surface area contributed by atoms with Gasteiger partial charge in [0.05, 0.1) is 5.02 Å². The Hall–Kier alpha value is -1.15. The number of benzene rings is 1. The molecule has 3 N–H and O–H groups in total. The van der Waals surface area contributed by atoms with E-state index in [4.69, 9.17) is 17.3 Å². The molecule has 1 aromatic rings. The van der Waals surface area contributed by atoms with Gasteiger partial charge in [0.25, 0.3) is 0 Å². The number of sulfonamides is 1. The van der Waals surface area contributed by atoms with Gasteiger partial charge in [-0.25, -0.2) is 8.42 Å². The number of hydrogen-bond acceptors (Lipinski definition) is 4. The van der Waals surface area contributed by atoms with Crippen LogP contribution in [0.15, 0.2) is 23.1 Å². The predicted molar refractivity (Wildman–Crippen MR) is 80.3 cm³/mol. The summed E-state index contributed by atoms with van der Waals surface area (Å²) in [6.45, 7) is 0.597. The molecule has 1 heterocycles. The maximum Gasteiger partial charge on any atom is 0.245 e. The van der Waals surface area contributed by atoms with Crippen molar-refractivity contribution in [3.05, 3.63) is 28.8 Å². The molecule has 1 atom stereocenters. The van der Waals surface area contributed by atoms with E-state index in [-0.39, 0.29) is 22.4 Å². The quantitative estimate of drug-likeness (QED) is 0.849. The van der Waals surface area contributed by atoms with Gasteiger partial charge < -0.3 is 11.1 Å². The van der Waals surface area contributed by atoms with Crippen LogP contribution in [0.3, 0.4) is 0 Å². The third-order valence-corrected chi connectivity index (χ3v) is 5.96. The molecule has 0 radical (unpaired) electrons. The van der Waals surface area contributed by atoms with Gasteiger partial charge in [-0.2, -0.15) is 4.31 Å². The zero-order chi connectivity index (χ0) is 15.6. The molecule has 1 fully saturated rings. The highest BCUT2D eigenvalue weighted by molar-refractivity contribution is 7.89. The highest BCUT2D eigenvalue weighted by Crippen LogP contribution is 2.30. The fourth-order valence-electron chi connectivity index (χ4n) is 2.46. The average Bonchev–Trinajstić information content (AvgIpc) is 2.96. The molecule has 0 saturated carbocycles. The molecule has 116 valence electrons. The van der Waals surface area contributed by atoms with Gasteiger partial charge in [-0.15, -0.1) is 0 Å². The molecule has 21 heavy (non-hydrogen) atoms. The lowest BCUT2D eigenvalue weighted by atomic mass is 10.2. The highest BCUT2D eigenvalue weighted by atomic mass is 35.5. The summed E-state index contributed by atoms with van der Waals surface area (Å²) in [6.07, 6.45) is 1.16. The fraction of sp³-hybridized carbons (Fsp3) is 0.462. The molecule has 8 heteroatoms. The Morgan fingerprint density at radius 3 is 2.81 bits per heavy atom. The molecule has 1 aliphatic heterocycles. The number of amides is 1. The van der Waals surface area contributed by atoms with Crippen molar-refractivity contribution in [2.24, 2.45) is 5.73 Å². The van der Waals surface area contributed by atoms with Crippen molar-refractivity contribution < 1.29 is 13.2 Å². The van der Waals surface area contributed by atoms with E-state index in [1.54, 1.807) is 12.1 Å². The van der Waals surface area contributed by atoms with Gasteiger partial charge in [0, 0.05) is 20.1 Å². The molecular weight excluding hydrogens is 314 g/mol. The van der Waals surface area contributed by atoms with Crippen LogP contribution in [0, 0.1) is 0 Å². The van der Waals surface area contributed by atoms with Crippen LogP contribution >= 0.6 is 11.6 Å². The largest absolute Gasteiger partial charge is 0.358 e. The van der Waals surface area contributed by atoms with Crippen LogP contribution < -0.4 is 11.1 Å². The van der Waals surface area contributed by atoms with Crippen molar-refractivity contribution in [1.82, 2.24) is 9.62 Å². The molecule has 0 spiro atoms. The van der Waals surface area contributed by atoms with E-state index >= 15 is 0 Å². The average molecular weight is 332 g/mol. The third-order valence-electron chi connectivity index (χ3n) is 3.57. The number of carbonyl (C=O) groups excluding carboxylic acids is 1. The monoisotopic (exact) mass is 331 g/mol. The zero-order valence-electron chi connectivity index (χ0n) is 11.7. The van der Waals surface area contributed by atoms with E-state index in [1.165, 1.54) is 17.4 Å². The summed E-state index contributed by atoms with van der Waals surface area (Å²) >= 11 is 6.07. The minimum atomic E-state index is -3.80. The molecule has 1 saturated heterocycles. The van der Waals surface area contributed by atoms with Crippen molar-refractivity contribution in [2.45, 2.75) is 30.3 Å². The molecule has 6 nitrogen and oxygen atoms in total. The number of nitrogens with two attached hydrogens (primary N) is 1. The van der Waals surface area contributed by atoms with Crippen LogP contribution in [-0.4, -0.2) is 38.3 Å². The first-order valence-corrected chi connectivity index (χ1v) is 8.45. The minimum absolute atomic E-state index is 0.0113. The molecule has 1 unspecified atom stereocenters. The molecule has 1 aliphatic rings. The molecule has 0 aliphatic carbocycles. The Morgan fingerprint density at radius 1 is 1.52 bits per heavy atom. The standard InChI is InChI=1S/C13H18ClN3O3S/c1-16-13(18)11-3-2-6-17(11)21(19,20)12-5-4-9(8-15)7-10(12)14/h4-5,7,11H,2-3,6,8,15H2,1H3,(H,16,18). The van der Waals surface area contributed by atoms with E-state index in [2.05, 4.69) is 5.32 Å². The first kappa shape index (κ1) is 16.2. The topological polar surface area (TPSA) is 92.5 Å². The van der Waals surface area contributed by atoms with Crippen molar-refractivity contribution in [3.8, 4) is 0 Å². The number of likely N-dealkylation sites (N-methyl/N-ethyl adjacent to an activating group) is 1. The second kappa shape index (κ2) is 6.31. The fourth-order valence-corrected chi connectivity index (χ4v) is 4.66. The molecule has 0 aromatic heterocycles. The highest BCUT2D eigenvalue weighted by Gasteiger charge is 2.39. The SMILES string of the molecule is CNC(=O)C1CCCN1S(=O)(=O)c1ccc(CN)cc1Cl. The van der Waals surface area contributed by atoms with E-state index in [0.29, 0.717) is 19.4 Å². The lowest BCUT2D eigenvalue weighted by Gasteiger charge is -2.23. The number of hydrogen-bond donors (Lipinski definition) is 2. The minimum Gasteiger partial charge on any atom is -0.358 e. The van der Waals surface area contributed by atoms with Gasteiger partial charge >= 0.3 is 0 Å². The van der Waals surface area contributed by atoms with Gasteiger partial charge in [0.1, 0.15) is 10.9 Å². The summed E-state index contributed by atoms with van der Waals surface area (Å²) < 4.78 is 26.6. The lowest BCUT2D eigenvalue weighted by Crippen LogP contribution is -2.44. The lowest BCUT2D eigenvalue weighted by molar-refractivity contribution is -0.123. The van der Waals surface area contributed by atoms with Crippen molar-refractivity contribution in [3.63, 3.8) is 0 Å². The van der Waals surface area contributed by atoms with Crippen LogP contribution in [0.1, 0.15) is 18.4 Å². The summed E-state index contributed by atoms with van der Waals surface area (Å²) in [5.41, 5.74) is 6.26. The van der Waals surface area contributed by atoms with Crippen LogP contribution in [0.2, 0.25) is 5.02 Å². The van der Waals surface area contributed by atoms with Crippen LogP contribution in [0.5, 0.6) is 0 Å². The number of carbonyl (C=O) groups is 1.